The average molecular weight is 207 g/mol. The third-order valence-electron chi connectivity index (χ3n) is 2.90. The van der Waals surface area contributed by atoms with E-state index in [0.29, 0.717) is 5.92 Å². The Hall–Kier alpha value is -0.860. The summed E-state index contributed by atoms with van der Waals surface area (Å²) in [5, 5.41) is 9.76. The minimum absolute atomic E-state index is 0.150. The third-order valence-corrected chi connectivity index (χ3v) is 2.90. The van der Waals surface area contributed by atoms with E-state index in [2.05, 4.69) is 19.1 Å². The molecule has 1 aromatic carbocycles. The van der Waals surface area contributed by atoms with Crippen LogP contribution in [0.1, 0.15) is 38.2 Å². The topological polar surface area (TPSA) is 46.2 Å². The van der Waals surface area contributed by atoms with Crippen LogP contribution >= 0.6 is 0 Å². The van der Waals surface area contributed by atoms with Crippen molar-refractivity contribution >= 4 is 0 Å². The first kappa shape index (κ1) is 12.2. The molecule has 0 heterocycles. The smallest absolute Gasteiger partial charge is 0.0694 e. The van der Waals surface area contributed by atoms with E-state index in [-0.39, 0.29) is 6.04 Å². The predicted molar refractivity (Wildman–Crippen MR) is 63.7 cm³/mol. The first-order chi connectivity index (χ1) is 7.15. The summed E-state index contributed by atoms with van der Waals surface area (Å²) in [6, 6.07) is 10.2. The highest BCUT2D eigenvalue weighted by atomic mass is 16.3. The van der Waals surface area contributed by atoms with Crippen LogP contribution in [0.25, 0.3) is 0 Å². The molecule has 3 atom stereocenters. The van der Waals surface area contributed by atoms with Gasteiger partial charge in [0.15, 0.2) is 0 Å². The van der Waals surface area contributed by atoms with E-state index in [1.165, 1.54) is 5.56 Å². The second kappa shape index (κ2) is 5.89. The van der Waals surface area contributed by atoms with Gasteiger partial charge in [0, 0.05) is 6.04 Å². The van der Waals surface area contributed by atoms with Crippen LogP contribution in [0.2, 0.25) is 0 Å². The Bertz CT molecular complexity index is 271. The van der Waals surface area contributed by atoms with Gasteiger partial charge in [-0.15, -0.1) is 0 Å². The Balaban J connectivity index is 2.65. The van der Waals surface area contributed by atoms with Crippen LogP contribution in [0.5, 0.6) is 0 Å². The molecule has 0 spiro atoms. The Labute approximate surface area is 92.1 Å². The number of aliphatic hydroxyl groups is 1. The number of nitrogens with two attached hydrogens (primary N) is 1. The molecule has 0 radical (unpaired) electrons. The maximum atomic E-state index is 9.76. The molecule has 0 saturated heterocycles. The molecule has 1 rings (SSSR count). The molecule has 3 unspecified atom stereocenters. The highest BCUT2D eigenvalue weighted by Gasteiger charge is 2.17. The maximum absolute atomic E-state index is 9.76. The second-order valence-corrected chi connectivity index (χ2v) is 4.18. The van der Waals surface area contributed by atoms with E-state index in [4.69, 9.17) is 5.73 Å². The number of aliphatic hydroxyl groups excluding tert-OH is 1. The summed E-state index contributed by atoms with van der Waals surface area (Å²) in [4.78, 5) is 0. The quantitative estimate of drug-likeness (QED) is 0.778. The number of benzene rings is 1. The molecule has 0 aliphatic heterocycles. The van der Waals surface area contributed by atoms with E-state index in [1.54, 1.807) is 0 Å². The lowest BCUT2D eigenvalue weighted by atomic mass is 9.89. The van der Waals surface area contributed by atoms with Crippen LogP contribution in [0.15, 0.2) is 30.3 Å². The monoisotopic (exact) mass is 207 g/mol. The van der Waals surface area contributed by atoms with Crippen molar-refractivity contribution in [2.75, 3.05) is 0 Å². The van der Waals surface area contributed by atoms with E-state index in [0.717, 1.165) is 12.8 Å². The second-order valence-electron chi connectivity index (χ2n) is 4.18. The van der Waals surface area contributed by atoms with Gasteiger partial charge < -0.3 is 10.8 Å². The van der Waals surface area contributed by atoms with Crippen LogP contribution in [0.3, 0.4) is 0 Å². The SMILES string of the molecule is CCC(CC(O)C(C)N)c1ccccc1. The first-order valence-corrected chi connectivity index (χ1v) is 5.63. The molecule has 0 aliphatic carbocycles. The fraction of sp³-hybridized carbons (Fsp3) is 0.538. The predicted octanol–water partition coefficient (Wildman–Crippen LogP) is 2.28. The van der Waals surface area contributed by atoms with Gasteiger partial charge in [-0.3, -0.25) is 0 Å². The lowest BCUT2D eigenvalue weighted by Crippen LogP contribution is -2.32. The Kier molecular flexibility index (Phi) is 4.79. The van der Waals surface area contributed by atoms with Crippen LogP contribution in [-0.2, 0) is 0 Å². The van der Waals surface area contributed by atoms with Crippen molar-refractivity contribution < 1.29 is 5.11 Å². The minimum atomic E-state index is -0.407. The summed E-state index contributed by atoms with van der Waals surface area (Å²) in [6.07, 6.45) is 1.38. The fourth-order valence-corrected chi connectivity index (χ4v) is 1.77. The Morgan fingerprint density at radius 2 is 1.87 bits per heavy atom. The zero-order valence-electron chi connectivity index (χ0n) is 9.56. The molecule has 0 aromatic heterocycles. The molecule has 0 amide bonds. The van der Waals surface area contributed by atoms with Crippen LogP contribution in [-0.4, -0.2) is 17.3 Å². The molecule has 1 aromatic rings. The normalized spacial score (nSPS) is 17.1. The molecule has 3 N–H and O–H groups in total. The Morgan fingerprint density at radius 3 is 2.33 bits per heavy atom. The molecule has 84 valence electrons. The van der Waals surface area contributed by atoms with Gasteiger partial charge in [0.25, 0.3) is 0 Å². The summed E-state index contributed by atoms with van der Waals surface area (Å²) in [7, 11) is 0. The van der Waals surface area contributed by atoms with Crippen LogP contribution < -0.4 is 5.73 Å². The zero-order valence-corrected chi connectivity index (χ0v) is 9.56. The van der Waals surface area contributed by atoms with Crippen molar-refractivity contribution in [1.82, 2.24) is 0 Å². The number of hydrogen-bond donors (Lipinski definition) is 2. The number of hydrogen-bond acceptors (Lipinski definition) is 2. The first-order valence-electron chi connectivity index (χ1n) is 5.63. The molecule has 0 saturated carbocycles. The zero-order chi connectivity index (χ0) is 11.3. The van der Waals surface area contributed by atoms with Crippen molar-refractivity contribution in [3.05, 3.63) is 35.9 Å². The van der Waals surface area contributed by atoms with Gasteiger partial charge in [-0.25, -0.2) is 0 Å². The molecular formula is C13H21NO. The molecule has 0 fully saturated rings. The van der Waals surface area contributed by atoms with E-state index >= 15 is 0 Å². The highest BCUT2D eigenvalue weighted by molar-refractivity contribution is 5.19. The summed E-state index contributed by atoms with van der Waals surface area (Å²) < 4.78 is 0. The molecule has 15 heavy (non-hydrogen) atoms. The Morgan fingerprint density at radius 1 is 1.27 bits per heavy atom. The van der Waals surface area contributed by atoms with E-state index in [1.807, 2.05) is 25.1 Å². The molecule has 2 nitrogen and oxygen atoms in total. The van der Waals surface area contributed by atoms with Crippen molar-refractivity contribution in [3.8, 4) is 0 Å². The van der Waals surface area contributed by atoms with Gasteiger partial charge >= 0.3 is 0 Å². The summed E-state index contributed by atoms with van der Waals surface area (Å²) >= 11 is 0. The summed E-state index contributed by atoms with van der Waals surface area (Å²) in [5.74, 6) is 0.409. The van der Waals surface area contributed by atoms with Crippen molar-refractivity contribution in [3.63, 3.8) is 0 Å². The van der Waals surface area contributed by atoms with E-state index < -0.39 is 6.10 Å². The maximum Gasteiger partial charge on any atom is 0.0694 e. The van der Waals surface area contributed by atoms with Gasteiger partial charge in [-0.1, -0.05) is 37.3 Å². The average Bonchev–Trinajstić information content (AvgIpc) is 2.26. The van der Waals surface area contributed by atoms with Crippen LogP contribution in [0.4, 0.5) is 0 Å². The fourth-order valence-electron chi connectivity index (χ4n) is 1.77. The third kappa shape index (κ3) is 3.65. The highest BCUT2D eigenvalue weighted by Crippen LogP contribution is 2.24. The summed E-state index contributed by atoms with van der Waals surface area (Å²) in [5.41, 5.74) is 6.96. The van der Waals surface area contributed by atoms with Gasteiger partial charge in [-0.2, -0.15) is 0 Å². The summed E-state index contributed by atoms with van der Waals surface area (Å²) in [6.45, 7) is 3.99. The van der Waals surface area contributed by atoms with Gasteiger partial charge in [0.1, 0.15) is 0 Å². The standard InChI is InChI=1S/C13H21NO/c1-3-11(9-13(15)10(2)14)12-7-5-4-6-8-12/h4-8,10-11,13,15H,3,9,14H2,1-2H3. The van der Waals surface area contributed by atoms with Gasteiger partial charge in [0.05, 0.1) is 6.10 Å². The van der Waals surface area contributed by atoms with Crippen LogP contribution in [0, 0.1) is 0 Å². The van der Waals surface area contributed by atoms with E-state index in [9.17, 15) is 5.11 Å². The van der Waals surface area contributed by atoms with Crippen molar-refractivity contribution in [1.29, 1.82) is 0 Å². The van der Waals surface area contributed by atoms with Crippen molar-refractivity contribution in [2.45, 2.75) is 44.8 Å². The lowest BCUT2D eigenvalue weighted by Gasteiger charge is -2.21. The molecule has 0 bridgehead atoms. The van der Waals surface area contributed by atoms with Gasteiger partial charge in [-0.05, 0) is 31.2 Å². The van der Waals surface area contributed by atoms with Crippen molar-refractivity contribution in [2.24, 2.45) is 5.73 Å². The van der Waals surface area contributed by atoms with Gasteiger partial charge in [0.2, 0.25) is 0 Å². The minimum Gasteiger partial charge on any atom is -0.392 e. The molecule has 2 heteroatoms. The molecule has 0 aliphatic rings. The number of rotatable bonds is 5. The largest absolute Gasteiger partial charge is 0.392 e. The molecular weight excluding hydrogens is 186 g/mol. The lowest BCUT2D eigenvalue weighted by molar-refractivity contribution is 0.131.